The lowest BCUT2D eigenvalue weighted by molar-refractivity contribution is 0.0751. The molecule has 0 aliphatic rings. The van der Waals surface area contributed by atoms with Gasteiger partial charge in [-0.15, -0.1) is 0 Å². The van der Waals surface area contributed by atoms with E-state index in [0.717, 1.165) is 22.3 Å². The predicted molar refractivity (Wildman–Crippen MR) is 95.9 cm³/mol. The maximum Gasteiger partial charge on any atom is 0.254 e. The van der Waals surface area contributed by atoms with Gasteiger partial charge in [-0.1, -0.05) is 23.8 Å². The van der Waals surface area contributed by atoms with Crippen molar-refractivity contribution in [3.05, 3.63) is 58.7 Å². The smallest absolute Gasteiger partial charge is 0.254 e. The van der Waals surface area contributed by atoms with Gasteiger partial charge in [0.25, 0.3) is 5.91 Å². The second-order valence-corrected chi connectivity index (χ2v) is 5.83. The van der Waals surface area contributed by atoms with Crippen molar-refractivity contribution in [2.45, 2.75) is 27.3 Å². The second-order valence-electron chi connectivity index (χ2n) is 5.83. The number of amides is 1. The van der Waals surface area contributed by atoms with E-state index in [1.807, 2.05) is 62.1 Å². The van der Waals surface area contributed by atoms with Crippen LogP contribution in [0, 0.1) is 13.8 Å². The third-order valence-electron chi connectivity index (χ3n) is 4.10. The Morgan fingerprint density at radius 3 is 2.29 bits per heavy atom. The molecule has 0 unspecified atom stereocenters. The quantitative estimate of drug-likeness (QED) is 0.805. The molecule has 0 aliphatic heterocycles. The number of ether oxygens (including phenoxy) is 2. The van der Waals surface area contributed by atoms with E-state index >= 15 is 0 Å². The first-order valence-corrected chi connectivity index (χ1v) is 8.07. The Hall–Kier alpha value is -2.49. The molecule has 0 aliphatic carbocycles. The molecule has 0 spiro atoms. The van der Waals surface area contributed by atoms with E-state index in [1.165, 1.54) is 0 Å². The van der Waals surface area contributed by atoms with Gasteiger partial charge in [0, 0.05) is 18.7 Å². The highest BCUT2D eigenvalue weighted by atomic mass is 16.5. The molecule has 0 N–H and O–H groups in total. The summed E-state index contributed by atoms with van der Waals surface area (Å²) in [7, 11) is 3.22. The zero-order valence-corrected chi connectivity index (χ0v) is 15.1. The molecule has 0 heterocycles. The summed E-state index contributed by atoms with van der Waals surface area (Å²) < 4.78 is 10.6. The van der Waals surface area contributed by atoms with E-state index in [2.05, 4.69) is 0 Å². The van der Waals surface area contributed by atoms with Crippen LogP contribution in [-0.2, 0) is 6.54 Å². The molecule has 2 aromatic carbocycles. The van der Waals surface area contributed by atoms with Crippen molar-refractivity contribution < 1.29 is 14.3 Å². The van der Waals surface area contributed by atoms with Gasteiger partial charge in [0.2, 0.25) is 0 Å². The van der Waals surface area contributed by atoms with Crippen molar-refractivity contribution in [3.8, 4) is 11.5 Å². The number of nitrogens with zero attached hydrogens (tertiary/aromatic N) is 1. The lowest BCUT2D eigenvalue weighted by Crippen LogP contribution is -2.30. The van der Waals surface area contributed by atoms with E-state index in [1.54, 1.807) is 14.2 Å². The van der Waals surface area contributed by atoms with Gasteiger partial charge < -0.3 is 14.4 Å². The maximum atomic E-state index is 12.9. The fraction of sp³-hybridized carbons (Fsp3) is 0.350. The van der Waals surface area contributed by atoms with Crippen LogP contribution in [0.3, 0.4) is 0 Å². The molecular formula is C20H25NO3. The van der Waals surface area contributed by atoms with Crippen LogP contribution in [0.25, 0.3) is 0 Å². The molecule has 0 aromatic heterocycles. The molecule has 1 amide bonds. The van der Waals surface area contributed by atoms with Crippen LogP contribution in [0.15, 0.2) is 36.4 Å². The maximum absolute atomic E-state index is 12.9. The first-order chi connectivity index (χ1) is 11.5. The van der Waals surface area contributed by atoms with Gasteiger partial charge in [-0.3, -0.25) is 4.79 Å². The lowest BCUT2D eigenvalue weighted by Gasteiger charge is -2.22. The highest BCUT2D eigenvalue weighted by Crippen LogP contribution is 2.28. The number of aryl methyl sites for hydroxylation is 2. The number of rotatable bonds is 6. The zero-order valence-electron chi connectivity index (χ0n) is 15.1. The van der Waals surface area contributed by atoms with E-state index in [4.69, 9.17) is 9.47 Å². The van der Waals surface area contributed by atoms with Gasteiger partial charge in [0.15, 0.2) is 11.5 Å². The van der Waals surface area contributed by atoms with Gasteiger partial charge in [-0.25, -0.2) is 0 Å². The molecule has 2 aromatic rings. The predicted octanol–water partition coefficient (Wildman–Crippen LogP) is 3.98. The molecule has 0 bridgehead atoms. The highest BCUT2D eigenvalue weighted by Gasteiger charge is 2.17. The summed E-state index contributed by atoms with van der Waals surface area (Å²) in [4.78, 5) is 14.7. The Morgan fingerprint density at radius 2 is 1.71 bits per heavy atom. The Balaban J connectivity index is 2.24. The van der Waals surface area contributed by atoms with E-state index in [9.17, 15) is 4.79 Å². The summed E-state index contributed by atoms with van der Waals surface area (Å²) >= 11 is 0. The Bertz CT molecular complexity index is 725. The molecule has 4 heteroatoms. The first-order valence-electron chi connectivity index (χ1n) is 8.07. The van der Waals surface area contributed by atoms with Crippen LogP contribution in [0.1, 0.15) is 34.0 Å². The second kappa shape index (κ2) is 7.86. The number of carbonyl (C=O) groups excluding carboxylic acids is 1. The fourth-order valence-corrected chi connectivity index (χ4v) is 2.75. The minimum Gasteiger partial charge on any atom is -0.493 e. The minimum atomic E-state index is 0.0461. The lowest BCUT2D eigenvalue weighted by atomic mass is 10.0. The standard InChI is InChI=1S/C20H25NO3/c1-6-21(20(22)17-9-7-14(2)11-15(17)3)13-16-8-10-18(23-4)19(12-16)24-5/h7-12H,6,13H2,1-5H3. The van der Waals surface area contributed by atoms with Gasteiger partial charge in [-0.05, 0) is 50.1 Å². The molecule has 2 rings (SSSR count). The fourth-order valence-electron chi connectivity index (χ4n) is 2.75. The van der Waals surface area contributed by atoms with E-state index in [0.29, 0.717) is 24.6 Å². The molecule has 4 nitrogen and oxygen atoms in total. The number of hydrogen-bond acceptors (Lipinski definition) is 3. The summed E-state index contributed by atoms with van der Waals surface area (Å²) in [5.74, 6) is 1.40. The van der Waals surface area contributed by atoms with Crippen LogP contribution >= 0.6 is 0 Å². The van der Waals surface area contributed by atoms with Crippen molar-refractivity contribution in [1.82, 2.24) is 4.90 Å². The Kier molecular flexibility index (Phi) is 5.85. The van der Waals surface area contributed by atoms with Crippen LogP contribution < -0.4 is 9.47 Å². The Labute approximate surface area is 144 Å². The topological polar surface area (TPSA) is 38.8 Å². The number of benzene rings is 2. The van der Waals surface area contributed by atoms with E-state index in [-0.39, 0.29) is 5.91 Å². The van der Waals surface area contributed by atoms with Crippen molar-refractivity contribution in [3.63, 3.8) is 0 Å². The summed E-state index contributed by atoms with van der Waals surface area (Å²) in [5, 5.41) is 0. The average Bonchev–Trinajstić information content (AvgIpc) is 2.58. The van der Waals surface area contributed by atoms with Gasteiger partial charge >= 0.3 is 0 Å². The minimum absolute atomic E-state index is 0.0461. The van der Waals surface area contributed by atoms with Crippen molar-refractivity contribution in [1.29, 1.82) is 0 Å². The van der Waals surface area contributed by atoms with Crippen LogP contribution in [0.2, 0.25) is 0 Å². The summed E-state index contributed by atoms with van der Waals surface area (Å²) in [6.07, 6.45) is 0. The average molecular weight is 327 g/mol. The largest absolute Gasteiger partial charge is 0.493 e. The first kappa shape index (κ1) is 17.9. The molecule has 0 radical (unpaired) electrons. The molecule has 128 valence electrons. The highest BCUT2D eigenvalue weighted by molar-refractivity contribution is 5.95. The van der Waals surface area contributed by atoms with E-state index < -0.39 is 0 Å². The van der Waals surface area contributed by atoms with Crippen LogP contribution in [0.4, 0.5) is 0 Å². The SMILES string of the molecule is CCN(Cc1ccc(OC)c(OC)c1)C(=O)c1ccc(C)cc1C. The molecule has 0 fully saturated rings. The van der Waals surface area contributed by atoms with Gasteiger partial charge in [-0.2, -0.15) is 0 Å². The Morgan fingerprint density at radius 1 is 1.00 bits per heavy atom. The van der Waals surface area contributed by atoms with Gasteiger partial charge in [0.1, 0.15) is 0 Å². The van der Waals surface area contributed by atoms with Crippen molar-refractivity contribution in [2.75, 3.05) is 20.8 Å². The number of methoxy groups -OCH3 is 2. The monoisotopic (exact) mass is 327 g/mol. The normalized spacial score (nSPS) is 10.4. The molecule has 0 saturated carbocycles. The molecule has 24 heavy (non-hydrogen) atoms. The third kappa shape index (κ3) is 3.88. The summed E-state index contributed by atoms with van der Waals surface area (Å²) in [5.41, 5.74) is 3.92. The number of carbonyl (C=O) groups is 1. The number of hydrogen-bond donors (Lipinski definition) is 0. The molecule has 0 atom stereocenters. The zero-order chi connectivity index (χ0) is 17.7. The molecular weight excluding hydrogens is 302 g/mol. The summed E-state index contributed by atoms with van der Waals surface area (Å²) in [6.45, 7) is 7.17. The molecule has 0 saturated heterocycles. The van der Waals surface area contributed by atoms with Crippen LogP contribution in [0.5, 0.6) is 11.5 Å². The van der Waals surface area contributed by atoms with Crippen molar-refractivity contribution >= 4 is 5.91 Å². The third-order valence-corrected chi connectivity index (χ3v) is 4.10. The van der Waals surface area contributed by atoms with Gasteiger partial charge in [0.05, 0.1) is 14.2 Å². The van der Waals surface area contributed by atoms with Crippen molar-refractivity contribution in [2.24, 2.45) is 0 Å². The van der Waals surface area contributed by atoms with Crippen LogP contribution in [-0.4, -0.2) is 31.6 Å². The summed E-state index contributed by atoms with van der Waals surface area (Å²) in [6, 6.07) is 11.7.